The highest BCUT2D eigenvalue weighted by Gasteiger charge is 2.16. The van der Waals surface area contributed by atoms with Gasteiger partial charge in [0.15, 0.2) is 11.5 Å². The van der Waals surface area contributed by atoms with Crippen molar-refractivity contribution in [1.82, 2.24) is 4.90 Å². The molecule has 3 heteroatoms. The Labute approximate surface area is 103 Å². The normalized spacial score (nSPS) is 15.3. The lowest BCUT2D eigenvalue weighted by Crippen LogP contribution is -2.27. The maximum Gasteiger partial charge on any atom is 0.231 e. The summed E-state index contributed by atoms with van der Waals surface area (Å²) in [6, 6.07) is 6.26. The Kier molecular flexibility index (Phi) is 3.89. The van der Waals surface area contributed by atoms with Crippen molar-refractivity contribution in [3.8, 4) is 11.5 Å². The van der Waals surface area contributed by atoms with Crippen molar-refractivity contribution < 1.29 is 9.47 Å². The summed E-state index contributed by atoms with van der Waals surface area (Å²) < 4.78 is 10.7. The van der Waals surface area contributed by atoms with Crippen molar-refractivity contribution in [2.45, 2.75) is 26.7 Å². The van der Waals surface area contributed by atoms with Crippen LogP contribution in [0.25, 0.3) is 0 Å². The van der Waals surface area contributed by atoms with Gasteiger partial charge in [0.25, 0.3) is 0 Å². The molecule has 0 fully saturated rings. The molecule has 0 aromatic heterocycles. The van der Waals surface area contributed by atoms with E-state index in [4.69, 9.17) is 9.47 Å². The van der Waals surface area contributed by atoms with Gasteiger partial charge in [-0.05, 0) is 36.7 Å². The fourth-order valence-corrected chi connectivity index (χ4v) is 2.19. The van der Waals surface area contributed by atoms with Crippen LogP contribution in [0.15, 0.2) is 18.2 Å². The minimum absolute atomic E-state index is 0.350. The molecule has 1 heterocycles. The van der Waals surface area contributed by atoms with Gasteiger partial charge < -0.3 is 14.4 Å². The molecular weight excluding hydrogens is 214 g/mol. The largest absolute Gasteiger partial charge is 0.454 e. The summed E-state index contributed by atoms with van der Waals surface area (Å²) in [7, 11) is 0. The molecule has 0 bridgehead atoms. The first-order valence-corrected chi connectivity index (χ1v) is 6.36. The molecule has 17 heavy (non-hydrogen) atoms. The van der Waals surface area contributed by atoms with E-state index >= 15 is 0 Å². The van der Waals surface area contributed by atoms with Crippen LogP contribution >= 0.6 is 0 Å². The van der Waals surface area contributed by atoms with Crippen LogP contribution in [-0.2, 0) is 0 Å². The van der Waals surface area contributed by atoms with Crippen LogP contribution in [0.4, 0.5) is 0 Å². The summed E-state index contributed by atoms with van der Waals surface area (Å²) in [5.41, 5.74) is 1.32. The molecule has 1 aromatic rings. The van der Waals surface area contributed by atoms with Crippen LogP contribution < -0.4 is 9.47 Å². The Bertz CT molecular complexity index is 374. The van der Waals surface area contributed by atoms with Gasteiger partial charge in [0.2, 0.25) is 6.79 Å². The molecule has 1 atom stereocenters. The lowest BCUT2D eigenvalue weighted by atomic mass is 10.00. The fourth-order valence-electron chi connectivity index (χ4n) is 2.19. The molecule has 0 N–H and O–H groups in total. The van der Waals surface area contributed by atoms with Gasteiger partial charge >= 0.3 is 0 Å². The van der Waals surface area contributed by atoms with Gasteiger partial charge in [-0.25, -0.2) is 0 Å². The van der Waals surface area contributed by atoms with Crippen molar-refractivity contribution in [1.29, 1.82) is 0 Å². The van der Waals surface area contributed by atoms with E-state index in [0.717, 1.165) is 31.1 Å². The minimum atomic E-state index is 0.350. The van der Waals surface area contributed by atoms with E-state index in [0.29, 0.717) is 12.7 Å². The maximum atomic E-state index is 5.41. The molecule has 0 amide bonds. The molecule has 0 aliphatic carbocycles. The third-order valence-electron chi connectivity index (χ3n) is 3.39. The van der Waals surface area contributed by atoms with Crippen molar-refractivity contribution in [3.63, 3.8) is 0 Å². The average molecular weight is 235 g/mol. The molecule has 0 saturated carbocycles. The Morgan fingerprint density at radius 2 is 1.88 bits per heavy atom. The van der Waals surface area contributed by atoms with Crippen molar-refractivity contribution in [3.05, 3.63) is 23.8 Å². The highest BCUT2D eigenvalue weighted by Crippen LogP contribution is 2.34. The molecule has 0 spiro atoms. The van der Waals surface area contributed by atoms with Crippen LogP contribution in [0.5, 0.6) is 11.5 Å². The zero-order chi connectivity index (χ0) is 12.3. The topological polar surface area (TPSA) is 21.7 Å². The summed E-state index contributed by atoms with van der Waals surface area (Å²) in [5.74, 6) is 2.27. The second kappa shape index (κ2) is 5.41. The molecule has 3 nitrogen and oxygen atoms in total. The molecule has 0 saturated heterocycles. The number of rotatable bonds is 5. The Morgan fingerprint density at radius 1 is 1.18 bits per heavy atom. The molecule has 0 radical (unpaired) electrons. The van der Waals surface area contributed by atoms with E-state index in [9.17, 15) is 0 Å². The number of nitrogens with zero attached hydrogens (tertiary/aromatic N) is 1. The zero-order valence-corrected chi connectivity index (χ0v) is 10.9. The standard InChI is InChI=1S/C14H21NO2/c1-4-15(5-2)9-11(3)12-6-7-13-14(8-12)17-10-16-13/h6-8,11H,4-5,9-10H2,1-3H3. The van der Waals surface area contributed by atoms with E-state index < -0.39 is 0 Å². The minimum Gasteiger partial charge on any atom is -0.454 e. The molecule has 1 aromatic carbocycles. The van der Waals surface area contributed by atoms with Crippen LogP contribution in [0, 0.1) is 0 Å². The highest BCUT2D eigenvalue weighted by molar-refractivity contribution is 5.45. The van der Waals surface area contributed by atoms with Gasteiger partial charge in [-0.2, -0.15) is 0 Å². The van der Waals surface area contributed by atoms with E-state index in [-0.39, 0.29) is 0 Å². The van der Waals surface area contributed by atoms with Crippen molar-refractivity contribution in [2.24, 2.45) is 0 Å². The highest BCUT2D eigenvalue weighted by atomic mass is 16.7. The number of hydrogen-bond acceptors (Lipinski definition) is 3. The van der Waals surface area contributed by atoms with Gasteiger partial charge in [-0.15, -0.1) is 0 Å². The molecular formula is C14H21NO2. The second-order valence-electron chi connectivity index (χ2n) is 4.50. The summed E-state index contributed by atoms with van der Waals surface area (Å²) >= 11 is 0. The predicted octanol–water partition coefficient (Wildman–Crippen LogP) is 2.86. The number of fused-ring (bicyclic) bond motifs is 1. The molecule has 94 valence electrons. The predicted molar refractivity (Wildman–Crippen MR) is 68.8 cm³/mol. The second-order valence-corrected chi connectivity index (χ2v) is 4.50. The smallest absolute Gasteiger partial charge is 0.231 e. The molecule has 1 aliphatic heterocycles. The quantitative estimate of drug-likeness (QED) is 0.783. The van der Waals surface area contributed by atoms with Gasteiger partial charge in [-0.3, -0.25) is 0 Å². The Morgan fingerprint density at radius 3 is 2.59 bits per heavy atom. The number of likely N-dealkylation sites (N-methyl/N-ethyl adjacent to an activating group) is 1. The van der Waals surface area contributed by atoms with Crippen LogP contribution in [0.3, 0.4) is 0 Å². The maximum absolute atomic E-state index is 5.41. The number of benzene rings is 1. The average Bonchev–Trinajstić information content (AvgIpc) is 2.82. The zero-order valence-electron chi connectivity index (χ0n) is 10.9. The first-order valence-electron chi connectivity index (χ1n) is 6.36. The van der Waals surface area contributed by atoms with Gasteiger partial charge in [0.05, 0.1) is 0 Å². The SMILES string of the molecule is CCN(CC)CC(C)c1ccc2c(c1)OCO2. The number of hydrogen-bond donors (Lipinski definition) is 0. The third-order valence-corrected chi connectivity index (χ3v) is 3.39. The third kappa shape index (κ3) is 2.72. The van der Waals surface area contributed by atoms with E-state index in [1.807, 2.05) is 6.07 Å². The summed E-state index contributed by atoms with van der Waals surface area (Å²) in [5, 5.41) is 0. The van der Waals surface area contributed by atoms with Crippen LogP contribution in [0.1, 0.15) is 32.3 Å². The van der Waals surface area contributed by atoms with E-state index in [1.54, 1.807) is 0 Å². The first-order chi connectivity index (χ1) is 8.24. The monoisotopic (exact) mass is 235 g/mol. The van der Waals surface area contributed by atoms with Gasteiger partial charge in [0, 0.05) is 6.54 Å². The van der Waals surface area contributed by atoms with E-state index in [1.165, 1.54) is 5.56 Å². The van der Waals surface area contributed by atoms with Gasteiger partial charge in [-0.1, -0.05) is 26.8 Å². The summed E-state index contributed by atoms with van der Waals surface area (Å²) in [6.45, 7) is 10.3. The molecule has 2 rings (SSSR count). The molecule has 1 unspecified atom stereocenters. The Balaban J connectivity index is 2.06. The van der Waals surface area contributed by atoms with E-state index in [2.05, 4.69) is 37.8 Å². The number of ether oxygens (including phenoxy) is 2. The lowest BCUT2D eigenvalue weighted by molar-refractivity contribution is 0.174. The van der Waals surface area contributed by atoms with Crippen LogP contribution in [0.2, 0.25) is 0 Å². The van der Waals surface area contributed by atoms with Crippen LogP contribution in [-0.4, -0.2) is 31.3 Å². The fraction of sp³-hybridized carbons (Fsp3) is 0.571. The van der Waals surface area contributed by atoms with Crippen molar-refractivity contribution in [2.75, 3.05) is 26.4 Å². The van der Waals surface area contributed by atoms with Crippen molar-refractivity contribution >= 4 is 0 Å². The molecule has 1 aliphatic rings. The Hall–Kier alpha value is -1.22. The summed E-state index contributed by atoms with van der Waals surface area (Å²) in [6.07, 6.45) is 0. The first kappa shape index (κ1) is 12.2. The lowest BCUT2D eigenvalue weighted by Gasteiger charge is -2.23. The van der Waals surface area contributed by atoms with Gasteiger partial charge in [0.1, 0.15) is 0 Å². The summed E-state index contributed by atoms with van der Waals surface area (Å²) in [4.78, 5) is 2.44.